The zero-order valence-corrected chi connectivity index (χ0v) is 15.1. The molecule has 4 rings (SSSR count). The highest BCUT2D eigenvalue weighted by atomic mass is 16.5. The predicted octanol–water partition coefficient (Wildman–Crippen LogP) is 1.13. The van der Waals surface area contributed by atoms with E-state index in [0.717, 1.165) is 12.0 Å². The Morgan fingerprint density at radius 1 is 1.14 bits per heavy atom. The van der Waals surface area contributed by atoms with Crippen molar-refractivity contribution in [3.63, 3.8) is 0 Å². The molecule has 0 spiro atoms. The normalized spacial score (nSPS) is 21.6. The Morgan fingerprint density at radius 3 is 2.57 bits per heavy atom. The van der Waals surface area contributed by atoms with E-state index in [1.54, 1.807) is 36.7 Å². The summed E-state index contributed by atoms with van der Waals surface area (Å²) in [5.74, 6) is -0.332. The van der Waals surface area contributed by atoms with Crippen molar-refractivity contribution in [2.75, 3.05) is 24.7 Å². The zero-order valence-electron chi connectivity index (χ0n) is 15.1. The van der Waals surface area contributed by atoms with Crippen LogP contribution in [0.5, 0.6) is 0 Å². The van der Waals surface area contributed by atoms with Gasteiger partial charge in [-0.25, -0.2) is 4.79 Å². The Labute approximate surface area is 161 Å². The molecule has 2 fully saturated rings. The highest BCUT2D eigenvalue weighted by molar-refractivity contribution is 6.12. The second-order valence-corrected chi connectivity index (χ2v) is 6.92. The molecule has 8 heteroatoms. The number of benzene rings is 1. The fraction of sp³-hybridized carbons (Fsp3) is 0.300. The van der Waals surface area contributed by atoms with Crippen LogP contribution in [0.1, 0.15) is 15.9 Å². The van der Waals surface area contributed by atoms with Crippen molar-refractivity contribution in [1.29, 1.82) is 0 Å². The van der Waals surface area contributed by atoms with E-state index in [-0.39, 0.29) is 30.3 Å². The van der Waals surface area contributed by atoms with Gasteiger partial charge >= 0.3 is 6.03 Å². The molecule has 2 N–H and O–H groups in total. The summed E-state index contributed by atoms with van der Waals surface area (Å²) in [6, 6.07) is 10.0. The van der Waals surface area contributed by atoms with E-state index in [1.807, 2.05) is 12.1 Å². The number of urea groups is 1. The van der Waals surface area contributed by atoms with Crippen LogP contribution in [0.25, 0.3) is 0 Å². The Morgan fingerprint density at radius 2 is 1.89 bits per heavy atom. The lowest BCUT2D eigenvalue weighted by Crippen LogP contribution is -2.40. The maximum absolute atomic E-state index is 12.6. The number of pyridine rings is 1. The molecular weight excluding hydrogens is 360 g/mol. The maximum atomic E-state index is 12.6. The van der Waals surface area contributed by atoms with E-state index in [2.05, 4.69) is 15.6 Å². The molecule has 1 aromatic carbocycles. The van der Waals surface area contributed by atoms with Crippen molar-refractivity contribution in [3.8, 4) is 0 Å². The molecule has 2 saturated heterocycles. The van der Waals surface area contributed by atoms with Gasteiger partial charge in [-0.3, -0.25) is 24.8 Å². The fourth-order valence-electron chi connectivity index (χ4n) is 3.48. The highest BCUT2D eigenvalue weighted by Gasteiger charge is 2.30. The van der Waals surface area contributed by atoms with Crippen LogP contribution in [0, 0.1) is 5.92 Å². The van der Waals surface area contributed by atoms with Gasteiger partial charge in [0.1, 0.15) is 6.54 Å². The summed E-state index contributed by atoms with van der Waals surface area (Å²) in [7, 11) is 0. The summed E-state index contributed by atoms with van der Waals surface area (Å²) in [6.45, 7) is 1.07. The minimum atomic E-state index is -0.454. The predicted molar refractivity (Wildman–Crippen MR) is 101 cm³/mol. The molecule has 1 aromatic heterocycles. The summed E-state index contributed by atoms with van der Waals surface area (Å²) in [5, 5.41) is 5.27. The van der Waals surface area contributed by atoms with Gasteiger partial charge in [0.05, 0.1) is 19.3 Å². The average Bonchev–Trinajstić information content (AvgIpc) is 3.28. The monoisotopic (exact) mass is 380 g/mol. The lowest BCUT2D eigenvalue weighted by molar-refractivity contribution is -0.117. The van der Waals surface area contributed by atoms with Gasteiger partial charge in [0.15, 0.2) is 0 Å². The minimum absolute atomic E-state index is 0.0134. The molecule has 0 radical (unpaired) electrons. The molecule has 3 heterocycles. The number of hydrogen-bond donors (Lipinski definition) is 2. The first-order chi connectivity index (χ1) is 13.6. The van der Waals surface area contributed by atoms with Crippen molar-refractivity contribution in [1.82, 2.24) is 15.6 Å². The van der Waals surface area contributed by atoms with Crippen LogP contribution in [-0.2, 0) is 16.0 Å². The van der Waals surface area contributed by atoms with E-state index < -0.39 is 6.03 Å². The molecule has 8 nitrogen and oxygen atoms in total. The summed E-state index contributed by atoms with van der Waals surface area (Å²) in [4.78, 5) is 41.0. The van der Waals surface area contributed by atoms with Crippen LogP contribution < -0.4 is 15.5 Å². The third kappa shape index (κ3) is 3.86. The van der Waals surface area contributed by atoms with Gasteiger partial charge in [0, 0.05) is 29.6 Å². The molecule has 2 aliphatic heterocycles. The minimum Gasteiger partial charge on any atom is -0.379 e. The number of nitrogens with zero attached hydrogens (tertiary/aromatic N) is 2. The van der Waals surface area contributed by atoms with Crippen molar-refractivity contribution in [2.45, 2.75) is 12.5 Å². The molecule has 0 aliphatic carbocycles. The third-order valence-corrected chi connectivity index (χ3v) is 5.00. The Hall–Kier alpha value is -3.26. The first-order valence-corrected chi connectivity index (χ1v) is 9.09. The number of ether oxygens (including phenoxy) is 1. The average molecular weight is 380 g/mol. The van der Waals surface area contributed by atoms with E-state index in [4.69, 9.17) is 4.74 Å². The zero-order chi connectivity index (χ0) is 19.5. The van der Waals surface area contributed by atoms with E-state index >= 15 is 0 Å². The number of carbonyl (C=O) groups is 3. The molecule has 0 saturated carbocycles. The van der Waals surface area contributed by atoms with Crippen LogP contribution >= 0.6 is 0 Å². The molecule has 2 atom stereocenters. The standard InChI is InChI=1S/C20H20N4O4/c25-18-10-24(20(27)23-18)16-3-1-14(2-4-16)19(26)22-17-12-28-11-15(17)9-13-5-7-21-8-6-13/h1-8,15,17H,9-12H2,(H,22,26)(H,23,25,27)/t15-,17-/m1/s1. The van der Waals surface area contributed by atoms with Gasteiger partial charge < -0.3 is 10.1 Å². The van der Waals surface area contributed by atoms with Crippen LogP contribution in [0.4, 0.5) is 10.5 Å². The van der Waals surface area contributed by atoms with Crippen LogP contribution in [0.15, 0.2) is 48.8 Å². The Kier molecular flexibility index (Phi) is 5.03. The van der Waals surface area contributed by atoms with Crippen molar-refractivity contribution in [3.05, 3.63) is 59.9 Å². The van der Waals surface area contributed by atoms with Crippen molar-refractivity contribution in [2.24, 2.45) is 5.92 Å². The van der Waals surface area contributed by atoms with E-state index in [0.29, 0.717) is 24.5 Å². The lowest BCUT2D eigenvalue weighted by atomic mass is 9.95. The number of nitrogens with one attached hydrogen (secondary N) is 2. The number of aromatic nitrogens is 1. The van der Waals surface area contributed by atoms with Crippen LogP contribution in [0.2, 0.25) is 0 Å². The fourth-order valence-corrected chi connectivity index (χ4v) is 3.48. The Bertz CT molecular complexity index is 885. The number of amides is 4. The van der Waals surface area contributed by atoms with Gasteiger partial charge in [-0.1, -0.05) is 0 Å². The Balaban J connectivity index is 1.39. The van der Waals surface area contributed by atoms with Crippen molar-refractivity contribution < 1.29 is 19.1 Å². The number of anilines is 1. The first kappa shape index (κ1) is 18.1. The first-order valence-electron chi connectivity index (χ1n) is 9.09. The van der Waals surface area contributed by atoms with Gasteiger partial charge in [0.25, 0.3) is 5.91 Å². The number of carbonyl (C=O) groups excluding carboxylic acids is 3. The molecule has 28 heavy (non-hydrogen) atoms. The second kappa shape index (κ2) is 7.77. The largest absolute Gasteiger partial charge is 0.379 e. The molecule has 2 aliphatic rings. The van der Waals surface area contributed by atoms with Crippen molar-refractivity contribution >= 4 is 23.5 Å². The summed E-state index contributed by atoms with van der Waals surface area (Å²) in [6.07, 6.45) is 4.33. The van der Waals surface area contributed by atoms with E-state index in [1.165, 1.54) is 4.90 Å². The highest BCUT2D eigenvalue weighted by Crippen LogP contribution is 2.21. The third-order valence-electron chi connectivity index (χ3n) is 5.00. The topological polar surface area (TPSA) is 101 Å². The van der Waals surface area contributed by atoms with Crippen LogP contribution in [0.3, 0.4) is 0 Å². The molecule has 2 aromatic rings. The van der Waals surface area contributed by atoms with E-state index in [9.17, 15) is 14.4 Å². The SMILES string of the molecule is O=C1CN(c2ccc(C(=O)N[C@@H]3COC[C@H]3Cc3ccncc3)cc2)C(=O)N1. The van der Waals surface area contributed by atoms with Crippen LogP contribution in [-0.4, -0.2) is 48.6 Å². The molecular formula is C20H20N4O4. The molecule has 144 valence electrons. The molecule has 0 bridgehead atoms. The number of rotatable bonds is 5. The van der Waals surface area contributed by atoms with Gasteiger partial charge in [-0.15, -0.1) is 0 Å². The number of imide groups is 1. The van der Waals surface area contributed by atoms with Gasteiger partial charge in [0.2, 0.25) is 5.91 Å². The quantitative estimate of drug-likeness (QED) is 0.758. The number of hydrogen-bond acceptors (Lipinski definition) is 5. The van der Waals surface area contributed by atoms with Gasteiger partial charge in [-0.2, -0.15) is 0 Å². The summed E-state index contributed by atoms with van der Waals surface area (Å²) < 4.78 is 5.57. The second-order valence-electron chi connectivity index (χ2n) is 6.92. The van der Waals surface area contributed by atoms with Gasteiger partial charge in [-0.05, 0) is 48.4 Å². The smallest absolute Gasteiger partial charge is 0.329 e. The molecule has 0 unspecified atom stereocenters. The maximum Gasteiger partial charge on any atom is 0.329 e. The molecule has 4 amide bonds. The summed E-state index contributed by atoms with van der Waals surface area (Å²) in [5.41, 5.74) is 2.22. The lowest BCUT2D eigenvalue weighted by Gasteiger charge is -2.19. The summed E-state index contributed by atoms with van der Waals surface area (Å²) >= 11 is 0.